The van der Waals surface area contributed by atoms with Gasteiger partial charge in [-0.3, -0.25) is 4.79 Å². The molecule has 124 valence electrons. The Balaban J connectivity index is 1.74. The maximum atomic E-state index is 15.1. The zero-order chi connectivity index (χ0) is 15.8. The second kappa shape index (κ2) is 4.54. The standard InChI is InChI=1S/C19H28F2O/c1-17-7-3-4-14(17)16-15(6-8-17)18(2)9-5-13(22)10-12(18)11-19(16,20)21/h12,14-16H,3-11H2,1-2H3/t12-,14-,15+,16-,17-,18+/m1/s1. The Morgan fingerprint density at radius 1 is 1.05 bits per heavy atom. The van der Waals surface area contributed by atoms with Gasteiger partial charge in [0.25, 0.3) is 5.92 Å². The summed E-state index contributed by atoms with van der Waals surface area (Å²) in [7, 11) is 0. The molecule has 0 bridgehead atoms. The van der Waals surface area contributed by atoms with Crippen molar-refractivity contribution in [2.75, 3.05) is 0 Å². The molecule has 4 rings (SSSR count). The Morgan fingerprint density at radius 2 is 1.82 bits per heavy atom. The molecule has 4 aliphatic rings. The molecule has 0 amide bonds. The number of halogens is 2. The molecule has 0 aromatic heterocycles. The van der Waals surface area contributed by atoms with Gasteiger partial charge >= 0.3 is 0 Å². The zero-order valence-corrected chi connectivity index (χ0v) is 13.8. The van der Waals surface area contributed by atoms with Crippen molar-refractivity contribution in [3.05, 3.63) is 0 Å². The van der Waals surface area contributed by atoms with E-state index >= 15 is 8.78 Å². The second-order valence-corrected chi connectivity index (χ2v) is 9.23. The maximum absolute atomic E-state index is 15.1. The van der Waals surface area contributed by atoms with Crippen LogP contribution >= 0.6 is 0 Å². The van der Waals surface area contributed by atoms with Gasteiger partial charge in [0.15, 0.2) is 0 Å². The Morgan fingerprint density at radius 3 is 2.59 bits per heavy atom. The highest BCUT2D eigenvalue weighted by atomic mass is 19.3. The summed E-state index contributed by atoms with van der Waals surface area (Å²) in [6.07, 6.45) is 7.14. The lowest BCUT2D eigenvalue weighted by atomic mass is 9.44. The van der Waals surface area contributed by atoms with E-state index in [0.717, 1.165) is 38.5 Å². The SMILES string of the molecule is C[C@]12CCC[C@@H]1[C@@H]1[C@H](CC2)[C@@]2(C)CCC(=O)C[C@@H]2CC1(F)F. The van der Waals surface area contributed by atoms with Crippen LogP contribution in [0, 0.1) is 34.5 Å². The van der Waals surface area contributed by atoms with E-state index in [1.807, 2.05) is 0 Å². The molecule has 4 fully saturated rings. The van der Waals surface area contributed by atoms with Crippen LogP contribution in [0.15, 0.2) is 0 Å². The Hall–Kier alpha value is -0.470. The molecule has 0 unspecified atom stereocenters. The summed E-state index contributed by atoms with van der Waals surface area (Å²) < 4.78 is 30.2. The molecule has 3 heteroatoms. The molecular formula is C19H28F2O. The third-order valence-electron chi connectivity index (χ3n) is 8.25. The van der Waals surface area contributed by atoms with Crippen LogP contribution in [0.5, 0.6) is 0 Å². The largest absolute Gasteiger partial charge is 0.300 e. The normalized spacial score (nSPS) is 53.5. The van der Waals surface area contributed by atoms with Crippen molar-refractivity contribution < 1.29 is 13.6 Å². The Bertz CT molecular complexity index is 502. The van der Waals surface area contributed by atoms with Crippen molar-refractivity contribution in [3.63, 3.8) is 0 Å². The van der Waals surface area contributed by atoms with Gasteiger partial charge in [0.2, 0.25) is 0 Å². The number of hydrogen-bond acceptors (Lipinski definition) is 1. The van der Waals surface area contributed by atoms with Crippen LogP contribution in [0.4, 0.5) is 8.78 Å². The monoisotopic (exact) mass is 310 g/mol. The van der Waals surface area contributed by atoms with Gasteiger partial charge in [0.1, 0.15) is 5.78 Å². The van der Waals surface area contributed by atoms with Crippen molar-refractivity contribution in [3.8, 4) is 0 Å². The van der Waals surface area contributed by atoms with E-state index in [2.05, 4.69) is 13.8 Å². The number of Topliss-reactive ketones (excluding diaryl/α,β-unsaturated/α-hetero) is 1. The molecule has 0 aromatic carbocycles. The highest BCUT2D eigenvalue weighted by Gasteiger charge is 2.66. The minimum absolute atomic E-state index is 0.0236. The van der Waals surface area contributed by atoms with E-state index in [0.29, 0.717) is 12.8 Å². The van der Waals surface area contributed by atoms with Gasteiger partial charge in [-0.05, 0) is 60.7 Å². The second-order valence-electron chi connectivity index (χ2n) is 9.23. The van der Waals surface area contributed by atoms with Crippen LogP contribution in [0.25, 0.3) is 0 Å². The van der Waals surface area contributed by atoms with Crippen molar-refractivity contribution in [1.82, 2.24) is 0 Å². The lowest BCUT2D eigenvalue weighted by Gasteiger charge is -2.61. The van der Waals surface area contributed by atoms with Crippen LogP contribution in [0.1, 0.15) is 71.6 Å². The molecule has 0 saturated heterocycles. The number of carbonyl (C=O) groups excluding carboxylic acids is 1. The highest BCUT2D eigenvalue weighted by Crippen LogP contribution is 2.69. The van der Waals surface area contributed by atoms with Crippen molar-refractivity contribution in [2.24, 2.45) is 34.5 Å². The molecule has 1 nitrogen and oxygen atoms in total. The fourth-order valence-corrected chi connectivity index (χ4v) is 6.94. The molecule has 6 atom stereocenters. The van der Waals surface area contributed by atoms with Crippen LogP contribution in [-0.4, -0.2) is 11.7 Å². The van der Waals surface area contributed by atoms with E-state index in [1.165, 1.54) is 0 Å². The summed E-state index contributed by atoms with van der Waals surface area (Å²) in [6, 6.07) is 0. The quantitative estimate of drug-likeness (QED) is 0.598. The Labute approximate surface area is 132 Å². The predicted molar refractivity (Wildman–Crippen MR) is 81.7 cm³/mol. The van der Waals surface area contributed by atoms with Gasteiger partial charge < -0.3 is 0 Å². The van der Waals surface area contributed by atoms with E-state index in [-0.39, 0.29) is 40.8 Å². The summed E-state index contributed by atoms with van der Waals surface area (Å²) in [5.74, 6) is -2.54. The molecule has 4 saturated carbocycles. The zero-order valence-electron chi connectivity index (χ0n) is 13.8. The summed E-state index contributed by atoms with van der Waals surface area (Å²) in [5, 5.41) is 0. The summed E-state index contributed by atoms with van der Waals surface area (Å²) >= 11 is 0. The molecule has 0 heterocycles. The smallest absolute Gasteiger partial charge is 0.251 e. The minimum Gasteiger partial charge on any atom is -0.300 e. The molecule has 0 aliphatic heterocycles. The van der Waals surface area contributed by atoms with Crippen LogP contribution in [-0.2, 0) is 4.79 Å². The average Bonchev–Trinajstić information content (AvgIpc) is 2.82. The van der Waals surface area contributed by atoms with Crippen molar-refractivity contribution in [2.45, 2.75) is 77.6 Å². The van der Waals surface area contributed by atoms with Crippen molar-refractivity contribution >= 4 is 5.78 Å². The van der Waals surface area contributed by atoms with Gasteiger partial charge in [-0.15, -0.1) is 0 Å². The molecule has 0 aromatic rings. The maximum Gasteiger partial charge on any atom is 0.251 e. The average molecular weight is 310 g/mol. The van der Waals surface area contributed by atoms with Gasteiger partial charge in [0.05, 0.1) is 0 Å². The first kappa shape index (κ1) is 15.1. The minimum atomic E-state index is -2.57. The predicted octanol–water partition coefficient (Wildman–Crippen LogP) is 5.23. The molecule has 0 N–H and O–H groups in total. The number of carbonyl (C=O) groups is 1. The van der Waals surface area contributed by atoms with Crippen LogP contribution in [0.3, 0.4) is 0 Å². The fourth-order valence-electron chi connectivity index (χ4n) is 6.94. The molecule has 0 radical (unpaired) electrons. The van der Waals surface area contributed by atoms with E-state index in [4.69, 9.17) is 0 Å². The first-order valence-electron chi connectivity index (χ1n) is 9.16. The number of fused-ring (bicyclic) bond motifs is 5. The lowest BCUT2D eigenvalue weighted by Crippen LogP contribution is -2.60. The van der Waals surface area contributed by atoms with Crippen LogP contribution in [0.2, 0.25) is 0 Å². The summed E-state index contributed by atoms with van der Waals surface area (Å²) in [6.45, 7) is 4.49. The number of alkyl halides is 2. The highest BCUT2D eigenvalue weighted by molar-refractivity contribution is 5.79. The van der Waals surface area contributed by atoms with E-state index < -0.39 is 11.8 Å². The third kappa shape index (κ3) is 1.89. The van der Waals surface area contributed by atoms with E-state index in [1.54, 1.807) is 0 Å². The van der Waals surface area contributed by atoms with Crippen molar-refractivity contribution in [1.29, 1.82) is 0 Å². The molecule has 0 spiro atoms. The third-order valence-corrected chi connectivity index (χ3v) is 8.25. The number of ketones is 1. The fraction of sp³-hybridized carbons (Fsp3) is 0.947. The lowest BCUT2D eigenvalue weighted by molar-refractivity contribution is -0.227. The van der Waals surface area contributed by atoms with Crippen LogP contribution < -0.4 is 0 Å². The number of rotatable bonds is 0. The molecule has 4 aliphatic carbocycles. The van der Waals surface area contributed by atoms with Gasteiger partial charge in [0, 0.05) is 25.2 Å². The number of hydrogen-bond donors (Lipinski definition) is 0. The topological polar surface area (TPSA) is 17.1 Å². The van der Waals surface area contributed by atoms with Gasteiger partial charge in [-0.25, -0.2) is 8.78 Å². The summed E-state index contributed by atoms with van der Waals surface area (Å²) in [4.78, 5) is 11.8. The Kier molecular flexibility index (Phi) is 3.11. The first-order valence-corrected chi connectivity index (χ1v) is 9.16. The molecule has 22 heavy (non-hydrogen) atoms. The summed E-state index contributed by atoms with van der Waals surface area (Å²) in [5.41, 5.74) is 0.127. The van der Waals surface area contributed by atoms with E-state index in [9.17, 15) is 4.79 Å². The first-order chi connectivity index (χ1) is 10.3. The van der Waals surface area contributed by atoms with Gasteiger partial charge in [-0.2, -0.15) is 0 Å². The van der Waals surface area contributed by atoms with Gasteiger partial charge in [-0.1, -0.05) is 20.3 Å². The molecular weight excluding hydrogens is 282 g/mol.